The molecular formula is C28H54S2. The first kappa shape index (κ1) is 32.1. The van der Waals surface area contributed by atoms with Crippen molar-refractivity contribution in [3.05, 3.63) is 37.5 Å². The van der Waals surface area contributed by atoms with Gasteiger partial charge in [0.1, 0.15) is 0 Å². The first-order valence-electron chi connectivity index (χ1n) is 11.9. The van der Waals surface area contributed by atoms with Crippen molar-refractivity contribution in [2.45, 2.75) is 117 Å². The number of hydrogen-bond donors (Lipinski definition) is 0. The van der Waals surface area contributed by atoms with Gasteiger partial charge in [-0.3, -0.25) is 0 Å². The van der Waals surface area contributed by atoms with Gasteiger partial charge >= 0.3 is 0 Å². The van der Waals surface area contributed by atoms with Crippen LogP contribution < -0.4 is 0 Å². The van der Waals surface area contributed by atoms with Crippen LogP contribution in [0, 0.1) is 10.8 Å². The Bertz CT molecular complexity index is 468. The molecule has 0 bridgehead atoms. The van der Waals surface area contributed by atoms with E-state index >= 15 is 0 Å². The van der Waals surface area contributed by atoms with Crippen LogP contribution in [-0.2, 0) is 0 Å². The normalized spacial score (nSPS) is 17.1. The minimum Gasteiger partial charge on any atom is -0.155 e. The summed E-state index contributed by atoms with van der Waals surface area (Å²) >= 11 is 4.17. The maximum atomic E-state index is 3.83. The molecule has 0 aromatic heterocycles. The molecule has 178 valence electrons. The lowest BCUT2D eigenvalue weighted by atomic mass is 9.85. The minimum absolute atomic E-state index is 0.387. The van der Waals surface area contributed by atoms with E-state index in [1.807, 2.05) is 12.2 Å². The fourth-order valence-corrected chi connectivity index (χ4v) is 4.96. The van der Waals surface area contributed by atoms with Gasteiger partial charge in [-0.05, 0) is 55.1 Å². The van der Waals surface area contributed by atoms with E-state index in [1.54, 1.807) is 0 Å². The second-order valence-corrected chi connectivity index (χ2v) is 14.5. The molecule has 1 aliphatic carbocycles. The molecule has 0 saturated heterocycles. The standard InChI is InChI=1S/C12H22S.C12H24S.C4H8/c1-5-12(8-6-7-9-12)10-13-11(2,3)4;1-7-9-12(6,8-2)10-13-11(3,4)5;1-3-4-2/h6-7H,5,8-10H2,1-4H3;7H,1,8-10H2,2-6H3;3H,1,4H2,2H3. The Labute approximate surface area is 200 Å². The van der Waals surface area contributed by atoms with Gasteiger partial charge in [0.15, 0.2) is 0 Å². The molecular weight excluding hydrogens is 400 g/mol. The molecule has 0 aliphatic heterocycles. The van der Waals surface area contributed by atoms with Crippen molar-refractivity contribution in [1.82, 2.24) is 0 Å². The van der Waals surface area contributed by atoms with Crippen LogP contribution >= 0.6 is 23.5 Å². The second-order valence-electron chi connectivity index (χ2n) is 10.9. The zero-order valence-electron chi connectivity index (χ0n) is 22.2. The summed E-state index contributed by atoms with van der Waals surface area (Å²) in [6.45, 7) is 30.1. The summed E-state index contributed by atoms with van der Waals surface area (Å²) in [5, 5.41) is 0. The molecule has 0 aromatic carbocycles. The Hall–Kier alpha value is -0.0800. The maximum absolute atomic E-state index is 3.83. The van der Waals surface area contributed by atoms with Gasteiger partial charge in [-0.25, -0.2) is 0 Å². The molecule has 0 spiro atoms. The van der Waals surface area contributed by atoms with Crippen LogP contribution in [0.3, 0.4) is 0 Å². The largest absolute Gasteiger partial charge is 0.155 e. The second kappa shape index (κ2) is 15.7. The lowest BCUT2D eigenvalue weighted by Crippen LogP contribution is -2.22. The summed E-state index contributed by atoms with van der Waals surface area (Å²) < 4.78 is 0.808. The van der Waals surface area contributed by atoms with Crippen molar-refractivity contribution in [2.75, 3.05) is 11.5 Å². The maximum Gasteiger partial charge on any atom is 0.00753 e. The third kappa shape index (κ3) is 17.6. The van der Waals surface area contributed by atoms with Gasteiger partial charge in [0, 0.05) is 15.2 Å². The molecule has 2 heteroatoms. The van der Waals surface area contributed by atoms with Crippen LogP contribution in [0.2, 0.25) is 0 Å². The van der Waals surface area contributed by atoms with Gasteiger partial charge in [-0.15, -0.1) is 13.2 Å². The number of rotatable bonds is 9. The highest BCUT2D eigenvalue weighted by Gasteiger charge is 2.30. The highest BCUT2D eigenvalue weighted by molar-refractivity contribution is 8.00. The highest BCUT2D eigenvalue weighted by Crippen LogP contribution is 2.42. The molecule has 1 rings (SSSR count). The molecule has 1 atom stereocenters. The first-order chi connectivity index (χ1) is 13.7. The molecule has 30 heavy (non-hydrogen) atoms. The van der Waals surface area contributed by atoms with E-state index in [9.17, 15) is 0 Å². The van der Waals surface area contributed by atoms with Gasteiger partial charge < -0.3 is 0 Å². The molecule has 0 radical (unpaired) electrons. The highest BCUT2D eigenvalue weighted by atomic mass is 32.2. The Morgan fingerprint density at radius 3 is 1.60 bits per heavy atom. The Morgan fingerprint density at radius 1 is 0.833 bits per heavy atom. The van der Waals surface area contributed by atoms with E-state index in [4.69, 9.17) is 0 Å². The smallest absolute Gasteiger partial charge is 0.00753 e. The molecule has 0 aromatic rings. The summed E-state index contributed by atoms with van der Waals surface area (Å²) in [6, 6.07) is 0. The molecule has 0 N–H and O–H groups in total. The van der Waals surface area contributed by atoms with Crippen LogP contribution in [-0.4, -0.2) is 21.0 Å². The summed E-state index contributed by atoms with van der Waals surface area (Å²) in [6.07, 6.45) is 16.0. The number of allylic oxidation sites excluding steroid dienone is 4. The Balaban J connectivity index is 0. The van der Waals surface area contributed by atoms with E-state index in [0.717, 1.165) is 12.8 Å². The molecule has 1 aliphatic rings. The van der Waals surface area contributed by atoms with Crippen LogP contribution in [0.4, 0.5) is 0 Å². The zero-order valence-corrected chi connectivity index (χ0v) is 23.8. The fraction of sp³-hybridized carbons (Fsp3) is 0.786. The summed E-state index contributed by atoms with van der Waals surface area (Å²) in [7, 11) is 0. The number of hydrogen-bond acceptors (Lipinski definition) is 2. The van der Waals surface area contributed by atoms with Crippen LogP contribution in [0.15, 0.2) is 37.5 Å². The van der Waals surface area contributed by atoms with E-state index in [1.165, 1.54) is 37.2 Å². The minimum atomic E-state index is 0.387. The van der Waals surface area contributed by atoms with E-state index < -0.39 is 0 Å². The lowest BCUT2D eigenvalue weighted by Gasteiger charge is -2.30. The van der Waals surface area contributed by atoms with Gasteiger partial charge in [0.05, 0.1) is 0 Å². The molecule has 0 amide bonds. The zero-order chi connectivity index (χ0) is 23.9. The molecule has 0 fully saturated rings. The summed E-state index contributed by atoms with van der Waals surface area (Å²) in [4.78, 5) is 0. The lowest BCUT2D eigenvalue weighted by molar-refractivity contribution is 0.346. The van der Waals surface area contributed by atoms with Crippen molar-refractivity contribution in [3.63, 3.8) is 0 Å². The predicted molar refractivity (Wildman–Crippen MR) is 149 cm³/mol. The fourth-order valence-electron chi connectivity index (χ4n) is 2.67. The quantitative estimate of drug-likeness (QED) is 0.318. The molecule has 0 saturated carbocycles. The van der Waals surface area contributed by atoms with E-state index in [2.05, 4.69) is 118 Å². The molecule has 1 unspecified atom stereocenters. The Kier molecular flexibility index (Phi) is 16.8. The average molecular weight is 455 g/mol. The van der Waals surface area contributed by atoms with Crippen molar-refractivity contribution in [1.29, 1.82) is 0 Å². The van der Waals surface area contributed by atoms with Crippen molar-refractivity contribution in [2.24, 2.45) is 10.8 Å². The number of thioether (sulfide) groups is 2. The molecule has 0 nitrogen and oxygen atoms in total. The van der Waals surface area contributed by atoms with Crippen LogP contribution in [0.1, 0.15) is 108 Å². The van der Waals surface area contributed by atoms with Crippen molar-refractivity contribution in [3.8, 4) is 0 Å². The first-order valence-corrected chi connectivity index (χ1v) is 13.8. The topological polar surface area (TPSA) is 0 Å². The van der Waals surface area contributed by atoms with Gasteiger partial charge in [-0.2, -0.15) is 23.5 Å². The summed E-state index contributed by atoms with van der Waals surface area (Å²) in [5.74, 6) is 2.55. The predicted octanol–water partition coefficient (Wildman–Crippen LogP) is 10.4. The third-order valence-corrected chi connectivity index (χ3v) is 8.79. The van der Waals surface area contributed by atoms with E-state index in [0.29, 0.717) is 20.3 Å². The molecule has 0 heterocycles. The van der Waals surface area contributed by atoms with Crippen LogP contribution in [0.25, 0.3) is 0 Å². The monoisotopic (exact) mass is 454 g/mol. The van der Waals surface area contributed by atoms with Crippen molar-refractivity contribution >= 4 is 23.5 Å². The Morgan fingerprint density at radius 2 is 1.30 bits per heavy atom. The van der Waals surface area contributed by atoms with Gasteiger partial charge in [0.2, 0.25) is 0 Å². The van der Waals surface area contributed by atoms with Crippen molar-refractivity contribution < 1.29 is 0 Å². The summed E-state index contributed by atoms with van der Waals surface area (Å²) in [5.41, 5.74) is 1.04. The van der Waals surface area contributed by atoms with Gasteiger partial charge in [-0.1, -0.05) is 93.5 Å². The van der Waals surface area contributed by atoms with E-state index in [-0.39, 0.29) is 0 Å². The van der Waals surface area contributed by atoms with Gasteiger partial charge in [0.25, 0.3) is 0 Å². The van der Waals surface area contributed by atoms with Crippen LogP contribution in [0.5, 0.6) is 0 Å². The average Bonchev–Trinajstić information content (AvgIpc) is 3.14. The SMILES string of the molecule is C=CCC.C=CCC(C)(CC)CSC(C)(C)C.CCC1(CSC(C)(C)C)CC=CC1. The third-order valence-electron chi connectivity index (χ3n) is 5.46.